The van der Waals surface area contributed by atoms with Crippen LogP contribution in [0.1, 0.15) is 0 Å². The minimum absolute atomic E-state index is 1.03. The highest BCUT2D eigenvalue weighted by molar-refractivity contribution is 14.1. The van der Waals surface area contributed by atoms with E-state index in [-0.39, 0.29) is 0 Å². The van der Waals surface area contributed by atoms with Crippen molar-refractivity contribution in [3.63, 3.8) is 0 Å². The molecule has 1 nitrogen and oxygen atoms in total. The van der Waals surface area contributed by atoms with E-state index in [2.05, 4.69) is 43.5 Å². The number of aromatic nitrogens is 1. The quantitative estimate of drug-likeness (QED) is 0.530. The van der Waals surface area contributed by atoms with Crippen molar-refractivity contribution in [2.75, 3.05) is 3.34 Å². The average Bonchev–Trinajstić information content (AvgIpc) is 1.93. The second kappa shape index (κ2) is 8.36. The third kappa shape index (κ3) is 8.36. The average molecular weight is 300 g/mol. The predicted octanol–water partition coefficient (Wildman–Crippen LogP) is 2.86. The Labute approximate surface area is 77.2 Å². The first kappa shape index (κ1) is 9.36. The molecule has 0 aliphatic heterocycles. The van der Waals surface area contributed by atoms with E-state index >= 15 is 0 Å². The summed E-state index contributed by atoms with van der Waals surface area (Å²) >= 11 is 5.34. The van der Waals surface area contributed by atoms with Crippen LogP contribution in [0.5, 0.6) is 0 Å². The molecule has 1 aromatic rings. The molecule has 1 rings (SSSR count). The summed E-state index contributed by atoms with van der Waals surface area (Å²) < 4.78 is 1.03. The van der Waals surface area contributed by atoms with Crippen LogP contribution in [0, 0.1) is 0 Å². The maximum Gasteiger partial charge on any atom is 0.0552 e. The van der Waals surface area contributed by atoms with Gasteiger partial charge in [0.1, 0.15) is 0 Å². The Balaban J connectivity index is 0.000000187. The van der Waals surface area contributed by atoms with Crippen molar-refractivity contribution in [3.05, 3.63) is 30.6 Å². The topological polar surface area (TPSA) is 12.9 Å². The van der Waals surface area contributed by atoms with Crippen LogP contribution in [0.15, 0.2) is 30.6 Å². The summed E-state index contributed by atoms with van der Waals surface area (Å²) in [6, 6.07) is 5.72. The SMILES string of the molecule is BrCI.c1ccncc1. The van der Waals surface area contributed by atoms with Crippen LogP contribution in [-0.2, 0) is 0 Å². The molecule has 0 aliphatic rings. The van der Waals surface area contributed by atoms with Gasteiger partial charge in [0.2, 0.25) is 0 Å². The van der Waals surface area contributed by atoms with E-state index in [9.17, 15) is 0 Å². The van der Waals surface area contributed by atoms with Crippen LogP contribution in [0.3, 0.4) is 0 Å². The van der Waals surface area contributed by atoms with Crippen molar-refractivity contribution in [1.82, 2.24) is 4.98 Å². The molecule has 0 fully saturated rings. The van der Waals surface area contributed by atoms with E-state index in [4.69, 9.17) is 0 Å². The van der Waals surface area contributed by atoms with E-state index in [0.29, 0.717) is 0 Å². The number of nitrogens with zero attached hydrogens (tertiary/aromatic N) is 1. The Morgan fingerprint density at radius 3 is 1.78 bits per heavy atom. The van der Waals surface area contributed by atoms with Crippen molar-refractivity contribution < 1.29 is 0 Å². The van der Waals surface area contributed by atoms with Crippen LogP contribution in [0.2, 0.25) is 0 Å². The van der Waals surface area contributed by atoms with Gasteiger partial charge in [-0.15, -0.1) is 0 Å². The summed E-state index contributed by atoms with van der Waals surface area (Å²) in [6.07, 6.45) is 3.50. The van der Waals surface area contributed by atoms with Gasteiger partial charge in [-0.05, 0) is 12.1 Å². The third-order valence-electron chi connectivity index (χ3n) is 0.566. The number of alkyl halides is 2. The van der Waals surface area contributed by atoms with E-state index in [1.165, 1.54) is 0 Å². The largest absolute Gasteiger partial charge is 0.265 e. The lowest BCUT2D eigenvalue weighted by Gasteiger charge is -1.70. The Hall–Kier alpha value is 0.360. The lowest BCUT2D eigenvalue weighted by molar-refractivity contribution is 1.33. The van der Waals surface area contributed by atoms with Crippen molar-refractivity contribution in [1.29, 1.82) is 0 Å². The van der Waals surface area contributed by atoms with Gasteiger partial charge in [-0.1, -0.05) is 44.6 Å². The summed E-state index contributed by atoms with van der Waals surface area (Å²) in [5.74, 6) is 0. The van der Waals surface area contributed by atoms with Gasteiger partial charge >= 0.3 is 0 Å². The molecule has 0 bridgehead atoms. The monoisotopic (exact) mass is 299 g/mol. The Kier molecular flexibility index (Phi) is 8.69. The van der Waals surface area contributed by atoms with Gasteiger partial charge in [-0.2, -0.15) is 0 Å². The van der Waals surface area contributed by atoms with E-state index in [1.54, 1.807) is 12.4 Å². The second-order valence-electron chi connectivity index (χ2n) is 1.13. The Morgan fingerprint density at radius 1 is 1.22 bits per heavy atom. The van der Waals surface area contributed by atoms with Crippen LogP contribution in [-0.4, -0.2) is 8.32 Å². The zero-order chi connectivity index (χ0) is 6.95. The maximum atomic E-state index is 3.78. The smallest absolute Gasteiger partial charge is 0.0552 e. The molecule has 0 N–H and O–H groups in total. The van der Waals surface area contributed by atoms with Crippen LogP contribution in [0.4, 0.5) is 0 Å². The summed E-state index contributed by atoms with van der Waals surface area (Å²) in [7, 11) is 0. The molecule has 1 aromatic heterocycles. The van der Waals surface area contributed by atoms with Gasteiger partial charge in [-0.3, -0.25) is 4.98 Å². The molecule has 1 heterocycles. The molecule has 3 heteroatoms. The maximum absolute atomic E-state index is 3.78. The molecule has 50 valence electrons. The van der Waals surface area contributed by atoms with E-state index < -0.39 is 0 Å². The fourth-order valence-corrected chi connectivity index (χ4v) is 0.313. The van der Waals surface area contributed by atoms with Gasteiger partial charge in [-0.25, -0.2) is 0 Å². The van der Waals surface area contributed by atoms with Crippen LogP contribution in [0.25, 0.3) is 0 Å². The van der Waals surface area contributed by atoms with Crippen molar-refractivity contribution in [3.8, 4) is 0 Å². The molecule has 0 unspecified atom stereocenters. The molecule has 0 atom stereocenters. The van der Waals surface area contributed by atoms with E-state index in [1.807, 2.05) is 18.2 Å². The summed E-state index contributed by atoms with van der Waals surface area (Å²) in [4.78, 5) is 3.78. The number of rotatable bonds is 0. The van der Waals surface area contributed by atoms with Crippen molar-refractivity contribution >= 4 is 38.5 Å². The fourth-order valence-electron chi connectivity index (χ4n) is 0.313. The highest BCUT2D eigenvalue weighted by Crippen LogP contribution is 1.84. The van der Waals surface area contributed by atoms with Crippen LogP contribution >= 0.6 is 38.5 Å². The second-order valence-corrected chi connectivity index (χ2v) is 4.55. The summed E-state index contributed by atoms with van der Waals surface area (Å²) in [6.45, 7) is 0. The number of halogens is 2. The first-order valence-electron chi connectivity index (χ1n) is 2.38. The molecule has 0 saturated carbocycles. The Morgan fingerprint density at radius 2 is 1.67 bits per heavy atom. The molecule has 0 aromatic carbocycles. The predicted molar refractivity (Wildman–Crippen MR) is 52.1 cm³/mol. The minimum Gasteiger partial charge on any atom is -0.265 e. The molecule has 0 saturated heterocycles. The molecule has 0 spiro atoms. The Bertz CT molecular complexity index is 95.9. The normalized spacial score (nSPS) is 7.33. The number of hydrogen-bond donors (Lipinski definition) is 0. The molecule has 0 radical (unpaired) electrons. The molecular weight excluding hydrogens is 293 g/mol. The van der Waals surface area contributed by atoms with Crippen molar-refractivity contribution in [2.45, 2.75) is 0 Å². The standard InChI is InChI=1S/C5H5N.CH2BrI/c1-2-4-6-5-3-1;2-1-3/h1-5H;1H2. The van der Waals surface area contributed by atoms with Gasteiger partial charge in [0.15, 0.2) is 0 Å². The fraction of sp³-hybridized carbons (Fsp3) is 0.167. The third-order valence-corrected chi connectivity index (χ3v) is 0.566. The van der Waals surface area contributed by atoms with E-state index in [0.717, 1.165) is 3.34 Å². The summed E-state index contributed by atoms with van der Waals surface area (Å²) in [5, 5.41) is 0. The zero-order valence-electron chi connectivity index (χ0n) is 4.80. The highest BCUT2D eigenvalue weighted by Gasteiger charge is 1.58. The van der Waals surface area contributed by atoms with Gasteiger partial charge in [0, 0.05) is 12.4 Å². The first-order chi connectivity index (χ1) is 4.41. The highest BCUT2D eigenvalue weighted by atomic mass is 127. The first-order valence-corrected chi connectivity index (χ1v) is 5.03. The van der Waals surface area contributed by atoms with Gasteiger partial charge < -0.3 is 0 Å². The zero-order valence-corrected chi connectivity index (χ0v) is 8.54. The molecule has 0 aliphatic carbocycles. The number of pyridine rings is 1. The minimum atomic E-state index is 1.03. The molecule has 9 heavy (non-hydrogen) atoms. The molecule has 0 amide bonds. The summed E-state index contributed by atoms with van der Waals surface area (Å²) in [5.41, 5.74) is 0. The number of hydrogen-bond acceptors (Lipinski definition) is 1. The lowest BCUT2D eigenvalue weighted by atomic mass is 10.5. The lowest BCUT2D eigenvalue weighted by Crippen LogP contribution is -1.58. The van der Waals surface area contributed by atoms with Gasteiger partial charge in [0.05, 0.1) is 3.34 Å². The van der Waals surface area contributed by atoms with Crippen molar-refractivity contribution in [2.24, 2.45) is 0 Å². The van der Waals surface area contributed by atoms with Gasteiger partial charge in [0.25, 0.3) is 0 Å². The van der Waals surface area contributed by atoms with Crippen LogP contribution < -0.4 is 0 Å². The molecular formula is C6H7BrIN.